The van der Waals surface area contributed by atoms with Gasteiger partial charge in [0.05, 0.1) is 27.1 Å². The molecule has 0 aliphatic heterocycles. The lowest BCUT2D eigenvalue weighted by molar-refractivity contribution is -0.121. The number of carbonyl (C=O) groups excluding carboxylic acids is 2. The van der Waals surface area contributed by atoms with Gasteiger partial charge in [0.2, 0.25) is 23.1 Å². The molecule has 0 saturated carbocycles. The Morgan fingerprint density at radius 3 is 1.71 bits per heavy atom. The van der Waals surface area contributed by atoms with Crippen LogP contribution >= 0.6 is 0 Å². The zero-order valence-electron chi connectivity index (χ0n) is 17.3. The smallest absolute Gasteiger partial charge is 0.264 e. The monoisotopic (exact) mass is 416 g/mol. The van der Waals surface area contributed by atoms with Gasteiger partial charge in [-0.25, -0.2) is 0 Å². The lowest BCUT2D eigenvalue weighted by Gasteiger charge is -2.20. The minimum atomic E-state index is -3.33. The third kappa shape index (κ3) is 7.75. The summed E-state index contributed by atoms with van der Waals surface area (Å²) in [6.07, 6.45) is 9.43. The summed E-state index contributed by atoms with van der Waals surface area (Å²) < 4.78 is 36.5. The van der Waals surface area contributed by atoms with E-state index in [1.807, 2.05) is 0 Å². The topological polar surface area (TPSA) is 96.0 Å². The number of Topliss-reactive ketones (excluding diaryl/α,β-unsaturated/α-hetero) is 2. The third-order valence-corrected chi connectivity index (χ3v) is 5.31. The Labute approximate surface area is 168 Å². The molecule has 7 nitrogen and oxygen atoms in total. The first-order valence-corrected chi connectivity index (χ1v) is 11.5. The standard InChI is InChI=1S/C20H32O7S/c1-15-16(18(22)20(26-3)19(25-2)17(15)21)13-11-9-7-5-6-8-10-12-14-27-28(4,23)24/h5-14H2,1-4H3. The summed E-state index contributed by atoms with van der Waals surface area (Å²) in [5.41, 5.74) is 0.965. The number of ether oxygens (including phenoxy) is 2. The number of ketones is 2. The molecule has 0 fully saturated rings. The van der Waals surface area contributed by atoms with Gasteiger partial charge >= 0.3 is 0 Å². The molecule has 0 atom stereocenters. The first-order valence-electron chi connectivity index (χ1n) is 9.68. The van der Waals surface area contributed by atoms with Crippen LogP contribution in [0.2, 0.25) is 0 Å². The predicted octanol–water partition coefficient (Wildman–Crippen LogP) is 3.45. The average Bonchev–Trinajstić information content (AvgIpc) is 2.63. The molecule has 0 bridgehead atoms. The van der Waals surface area contributed by atoms with Gasteiger partial charge in [-0.2, -0.15) is 8.42 Å². The number of hydrogen-bond donors (Lipinski definition) is 0. The molecule has 0 aromatic rings. The molecule has 1 rings (SSSR count). The minimum absolute atomic E-state index is 0.00653. The maximum absolute atomic E-state index is 12.5. The molecule has 8 heteroatoms. The van der Waals surface area contributed by atoms with Crippen molar-refractivity contribution >= 4 is 21.7 Å². The van der Waals surface area contributed by atoms with Crippen molar-refractivity contribution < 1.29 is 31.7 Å². The highest BCUT2D eigenvalue weighted by Crippen LogP contribution is 2.28. The number of rotatable bonds is 14. The molecule has 1 aliphatic carbocycles. The quantitative estimate of drug-likeness (QED) is 0.243. The highest BCUT2D eigenvalue weighted by atomic mass is 32.2. The van der Waals surface area contributed by atoms with Gasteiger partial charge < -0.3 is 9.47 Å². The second kappa shape index (κ2) is 12.0. The van der Waals surface area contributed by atoms with Crippen molar-refractivity contribution in [2.75, 3.05) is 27.1 Å². The van der Waals surface area contributed by atoms with Crippen molar-refractivity contribution in [3.05, 3.63) is 22.7 Å². The van der Waals surface area contributed by atoms with E-state index in [0.717, 1.165) is 57.6 Å². The fourth-order valence-corrected chi connectivity index (χ4v) is 3.59. The average molecular weight is 417 g/mol. The highest BCUT2D eigenvalue weighted by molar-refractivity contribution is 7.85. The molecule has 0 aromatic heterocycles. The van der Waals surface area contributed by atoms with Crippen molar-refractivity contribution in [3.63, 3.8) is 0 Å². The van der Waals surface area contributed by atoms with Gasteiger partial charge in [0.15, 0.2) is 0 Å². The van der Waals surface area contributed by atoms with Gasteiger partial charge in [-0.15, -0.1) is 0 Å². The van der Waals surface area contributed by atoms with Crippen molar-refractivity contribution in [1.82, 2.24) is 0 Å². The van der Waals surface area contributed by atoms with Gasteiger partial charge in [-0.05, 0) is 26.2 Å². The molecule has 0 saturated heterocycles. The van der Waals surface area contributed by atoms with Crippen LogP contribution in [-0.2, 0) is 33.4 Å². The molecular formula is C20H32O7S. The van der Waals surface area contributed by atoms with Gasteiger partial charge in [-0.1, -0.05) is 38.5 Å². The summed E-state index contributed by atoms with van der Waals surface area (Å²) in [5.74, 6) is -0.565. The summed E-state index contributed by atoms with van der Waals surface area (Å²) in [4.78, 5) is 24.8. The van der Waals surface area contributed by atoms with E-state index in [-0.39, 0.29) is 29.7 Å². The number of methoxy groups -OCH3 is 2. The number of unbranched alkanes of at least 4 members (excludes halogenated alkanes) is 7. The third-order valence-electron chi connectivity index (χ3n) is 4.71. The van der Waals surface area contributed by atoms with E-state index in [0.29, 0.717) is 17.6 Å². The SMILES string of the molecule is COC1=C(OC)C(=O)C(CCCCCCCCCCOS(C)(=O)=O)=C(C)C1=O. The molecule has 0 amide bonds. The summed E-state index contributed by atoms with van der Waals surface area (Å²) in [6.45, 7) is 1.91. The van der Waals surface area contributed by atoms with Crippen LogP contribution in [0.4, 0.5) is 0 Å². The van der Waals surface area contributed by atoms with Crippen LogP contribution in [0, 0.1) is 0 Å². The van der Waals surface area contributed by atoms with Crippen molar-refractivity contribution in [1.29, 1.82) is 0 Å². The Bertz CT molecular complexity index is 717. The summed E-state index contributed by atoms with van der Waals surface area (Å²) >= 11 is 0. The van der Waals surface area contributed by atoms with E-state index < -0.39 is 10.1 Å². The van der Waals surface area contributed by atoms with Crippen molar-refractivity contribution in [3.8, 4) is 0 Å². The van der Waals surface area contributed by atoms with Crippen molar-refractivity contribution in [2.24, 2.45) is 0 Å². The minimum Gasteiger partial charge on any atom is -0.489 e. The summed E-state index contributed by atoms with van der Waals surface area (Å²) in [7, 11) is -0.605. The summed E-state index contributed by atoms with van der Waals surface area (Å²) in [5, 5.41) is 0. The van der Waals surface area contributed by atoms with E-state index in [9.17, 15) is 18.0 Å². The largest absolute Gasteiger partial charge is 0.489 e. The first-order chi connectivity index (χ1) is 13.2. The fourth-order valence-electron chi connectivity index (χ4n) is 3.17. The molecule has 28 heavy (non-hydrogen) atoms. The molecule has 160 valence electrons. The molecule has 0 spiro atoms. The first kappa shape index (κ1) is 24.4. The summed E-state index contributed by atoms with van der Waals surface area (Å²) in [6, 6.07) is 0. The van der Waals surface area contributed by atoms with Crippen LogP contribution in [0.5, 0.6) is 0 Å². The Morgan fingerprint density at radius 1 is 0.750 bits per heavy atom. The van der Waals surface area contributed by atoms with E-state index in [1.54, 1.807) is 6.92 Å². The molecule has 0 heterocycles. The van der Waals surface area contributed by atoms with Crippen LogP contribution < -0.4 is 0 Å². The van der Waals surface area contributed by atoms with Crippen molar-refractivity contribution in [2.45, 2.75) is 64.7 Å². The second-order valence-corrected chi connectivity index (χ2v) is 8.58. The Hall–Kier alpha value is -1.67. The molecule has 1 aliphatic rings. The molecule has 0 aromatic carbocycles. The number of carbonyl (C=O) groups is 2. The van der Waals surface area contributed by atoms with Gasteiger partial charge in [0, 0.05) is 11.1 Å². The highest BCUT2D eigenvalue weighted by Gasteiger charge is 2.34. The Morgan fingerprint density at radius 2 is 1.21 bits per heavy atom. The van der Waals surface area contributed by atoms with Crippen LogP contribution in [0.3, 0.4) is 0 Å². The lowest BCUT2D eigenvalue weighted by atomic mass is 9.89. The maximum atomic E-state index is 12.5. The van der Waals surface area contributed by atoms with Gasteiger partial charge in [0.1, 0.15) is 0 Å². The van der Waals surface area contributed by atoms with Gasteiger partial charge in [-0.3, -0.25) is 13.8 Å². The van der Waals surface area contributed by atoms with Gasteiger partial charge in [0.25, 0.3) is 10.1 Å². The fraction of sp³-hybridized carbons (Fsp3) is 0.700. The van der Waals surface area contributed by atoms with E-state index in [1.165, 1.54) is 14.2 Å². The van der Waals surface area contributed by atoms with Crippen LogP contribution in [0.25, 0.3) is 0 Å². The Balaban J connectivity index is 2.23. The van der Waals surface area contributed by atoms with Crippen LogP contribution in [0.15, 0.2) is 22.7 Å². The maximum Gasteiger partial charge on any atom is 0.264 e. The van der Waals surface area contributed by atoms with E-state index >= 15 is 0 Å². The molecule has 0 unspecified atom stereocenters. The molecular weight excluding hydrogens is 384 g/mol. The van der Waals surface area contributed by atoms with Crippen LogP contribution in [-0.4, -0.2) is 47.1 Å². The zero-order chi connectivity index (χ0) is 21.2. The molecule has 0 radical (unpaired) electrons. The molecule has 0 N–H and O–H groups in total. The zero-order valence-corrected chi connectivity index (χ0v) is 18.2. The predicted molar refractivity (Wildman–Crippen MR) is 106 cm³/mol. The van der Waals surface area contributed by atoms with Crippen LogP contribution in [0.1, 0.15) is 64.7 Å². The normalized spacial score (nSPS) is 15.4. The number of allylic oxidation sites excluding steroid dienone is 2. The van der Waals surface area contributed by atoms with E-state index in [2.05, 4.69) is 0 Å². The second-order valence-electron chi connectivity index (χ2n) is 6.93. The van der Waals surface area contributed by atoms with E-state index in [4.69, 9.17) is 13.7 Å². The lowest BCUT2D eigenvalue weighted by Crippen LogP contribution is -2.25. The number of hydrogen-bond acceptors (Lipinski definition) is 7. The Kier molecular flexibility index (Phi) is 10.5.